The minimum atomic E-state index is -0.509. The monoisotopic (exact) mass is 295 g/mol. The van der Waals surface area contributed by atoms with Crippen LogP contribution in [0.4, 0.5) is 4.79 Å². The molecule has 2 aromatic rings. The fraction of sp³-hybridized carbons (Fsp3) is 0.167. The van der Waals surface area contributed by atoms with E-state index in [-0.39, 0.29) is 18.9 Å². The molecule has 112 valence electrons. The van der Waals surface area contributed by atoms with Crippen LogP contribution in [-0.4, -0.2) is 17.7 Å². The average Bonchev–Trinajstić information content (AvgIpc) is 2.54. The average molecular weight is 295 g/mol. The summed E-state index contributed by atoms with van der Waals surface area (Å²) in [5.41, 5.74) is 2.39. The number of carbonyl (C=O) groups is 1. The molecule has 0 unspecified atom stereocenters. The van der Waals surface area contributed by atoms with Gasteiger partial charge in [-0.25, -0.2) is 4.79 Å². The molecule has 0 bridgehead atoms. The molecule has 0 aromatic heterocycles. The number of nitrogens with one attached hydrogen (secondary N) is 1. The summed E-state index contributed by atoms with van der Waals surface area (Å²) in [7, 11) is 0. The number of carbonyl (C=O) groups excluding carboxylic acids is 1. The number of rotatable bonds is 3. The molecule has 4 nitrogen and oxygen atoms in total. The highest BCUT2D eigenvalue weighted by Gasteiger charge is 2.01. The second-order valence-electron chi connectivity index (χ2n) is 4.67. The molecule has 0 fully saturated rings. The van der Waals surface area contributed by atoms with Crippen LogP contribution in [0.2, 0.25) is 0 Å². The quantitative estimate of drug-likeness (QED) is 0.856. The van der Waals surface area contributed by atoms with Crippen LogP contribution >= 0.6 is 0 Å². The van der Waals surface area contributed by atoms with Crippen LogP contribution in [0, 0.1) is 18.8 Å². The van der Waals surface area contributed by atoms with Crippen molar-refractivity contribution in [3.63, 3.8) is 0 Å². The normalized spacial score (nSPS) is 9.50. The summed E-state index contributed by atoms with van der Waals surface area (Å²) in [6, 6.07) is 14.6. The van der Waals surface area contributed by atoms with E-state index in [1.54, 1.807) is 19.1 Å². The van der Waals surface area contributed by atoms with Crippen LogP contribution in [-0.2, 0) is 11.3 Å². The highest BCUT2D eigenvalue weighted by molar-refractivity contribution is 5.67. The minimum absolute atomic E-state index is 0.183. The predicted molar refractivity (Wildman–Crippen MR) is 84.4 cm³/mol. The summed E-state index contributed by atoms with van der Waals surface area (Å²) in [4.78, 5) is 11.5. The Kier molecular flexibility index (Phi) is 5.44. The second-order valence-corrected chi connectivity index (χ2v) is 4.67. The molecule has 0 aliphatic carbocycles. The van der Waals surface area contributed by atoms with E-state index in [9.17, 15) is 9.90 Å². The van der Waals surface area contributed by atoms with Crippen molar-refractivity contribution in [1.82, 2.24) is 5.32 Å². The summed E-state index contributed by atoms with van der Waals surface area (Å²) >= 11 is 0. The van der Waals surface area contributed by atoms with Gasteiger partial charge in [0.1, 0.15) is 12.4 Å². The van der Waals surface area contributed by atoms with Crippen molar-refractivity contribution in [3.05, 3.63) is 65.2 Å². The lowest BCUT2D eigenvalue weighted by atomic mass is 10.1. The first-order chi connectivity index (χ1) is 10.7. The lowest BCUT2D eigenvalue weighted by Gasteiger charge is -2.04. The molecule has 0 radical (unpaired) electrons. The van der Waals surface area contributed by atoms with Gasteiger partial charge in [0.2, 0.25) is 0 Å². The zero-order chi connectivity index (χ0) is 15.8. The Morgan fingerprint density at radius 2 is 1.95 bits per heavy atom. The van der Waals surface area contributed by atoms with Gasteiger partial charge >= 0.3 is 6.09 Å². The molecule has 2 rings (SSSR count). The Morgan fingerprint density at radius 1 is 1.18 bits per heavy atom. The van der Waals surface area contributed by atoms with Gasteiger partial charge in [-0.1, -0.05) is 48.2 Å². The molecular formula is C18H17NO3. The van der Waals surface area contributed by atoms with E-state index in [2.05, 4.69) is 17.2 Å². The van der Waals surface area contributed by atoms with Gasteiger partial charge in [-0.3, -0.25) is 0 Å². The van der Waals surface area contributed by atoms with E-state index in [4.69, 9.17) is 4.74 Å². The van der Waals surface area contributed by atoms with Crippen LogP contribution in [0.25, 0.3) is 0 Å². The SMILES string of the molecule is Cc1c(O)cccc1C#CCNC(=O)OCc1ccccc1. The summed E-state index contributed by atoms with van der Waals surface area (Å²) in [5.74, 6) is 5.94. The van der Waals surface area contributed by atoms with Crippen molar-refractivity contribution in [1.29, 1.82) is 0 Å². The van der Waals surface area contributed by atoms with Crippen molar-refractivity contribution in [2.24, 2.45) is 0 Å². The van der Waals surface area contributed by atoms with E-state index in [1.165, 1.54) is 0 Å². The van der Waals surface area contributed by atoms with Crippen molar-refractivity contribution >= 4 is 6.09 Å². The highest BCUT2D eigenvalue weighted by Crippen LogP contribution is 2.18. The van der Waals surface area contributed by atoms with Crippen molar-refractivity contribution in [2.75, 3.05) is 6.54 Å². The number of hydrogen-bond donors (Lipinski definition) is 2. The number of hydrogen-bond acceptors (Lipinski definition) is 3. The lowest BCUT2D eigenvalue weighted by molar-refractivity contribution is 0.141. The van der Waals surface area contributed by atoms with Gasteiger partial charge in [-0.2, -0.15) is 0 Å². The maximum atomic E-state index is 11.5. The molecule has 0 spiro atoms. The Bertz CT molecular complexity index is 699. The van der Waals surface area contributed by atoms with E-state index in [1.807, 2.05) is 36.4 Å². The molecule has 0 saturated carbocycles. The molecule has 1 amide bonds. The van der Waals surface area contributed by atoms with Crippen molar-refractivity contribution in [3.8, 4) is 17.6 Å². The van der Waals surface area contributed by atoms with Gasteiger partial charge < -0.3 is 15.2 Å². The lowest BCUT2D eigenvalue weighted by Crippen LogP contribution is -2.24. The molecule has 22 heavy (non-hydrogen) atoms. The third-order valence-electron chi connectivity index (χ3n) is 3.06. The van der Waals surface area contributed by atoms with E-state index >= 15 is 0 Å². The smallest absolute Gasteiger partial charge is 0.408 e. The first-order valence-electron chi connectivity index (χ1n) is 6.89. The number of amides is 1. The van der Waals surface area contributed by atoms with Crippen LogP contribution in [0.1, 0.15) is 16.7 Å². The van der Waals surface area contributed by atoms with Crippen LogP contribution in [0.3, 0.4) is 0 Å². The largest absolute Gasteiger partial charge is 0.508 e. The maximum Gasteiger partial charge on any atom is 0.408 e. The molecule has 0 saturated heterocycles. The number of ether oxygens (including phenoxy) is 1. The number of aromatic hydroxyl groups is 1. The van der Waals surface area contributed by atoms with Gasteiger partial charge in [-0.05, 0) is 24.6 Å². The molecule has 0 heterocycles. The third kappa shape index (κ3) is 4.57. The zero-order valence-corrected chi connectivity index (χ0v) is 12.3. The molecule has 2 N–H and O–H groups in total. The third-order valence-corrected chi connectivity index (χ3v) is 3.06. The van der Waals surface area contributed by atoms with E-state index in [0.29, 0.717) is 0 Å². The van der Waals surface area contributed by atoms with Crippen molar-refractivity contribution < 1.29 is 14.6 Å². The predicted octanol–water partition coefficient (Wildman–Crippen LogP) is 2.98. The molecule has 4 heteroatoms. The number of alkyl carbamates (subject to hydrolysis) is 1. The minimum Gasteiger partial charge on any atom is -0.508 e. The summed E-state index contributed by atoms with van der Waals surface area (Å²) in [5, 5.41) is 12.1. The highest BCUT2D eigenvalue weighted by atomic mass is 16.5. The first kappa shape index (κ1) is 15.5. The molecule has 2 aromatic carbocycles. The Hall–Kier alpha value is -2.93. The topological polar surface area (TPSA) is 58.6 Å². The van der Waals surface area contributed by atoms with Gasteiger partial charge in [0.05, 0.1) is 6.54 Å². The number of phenols is 1. The molecular weight excluding hydrogens is 278 g/mol. The van der Waals surface area contributed by atoms with Gasteiger partial charge in [0.15, 0.2) is 0 Å². The van der Waals surface area contributed by atoms with Gasteiger partial charge in [0.25, 0.3) is 0 Å². The van der Waals surface area contributed by atoms with E-state index in [0.717, 1.165) is 16.7 Å². The van der Waals surface area contributed by atoms with Crippen LogP contribution in [0.5, 0.6) is 5.75 Å². The number of benzene rings is 2. The summed E-state index contributed by atoms with van der Waals surface area (Å²) < 4.78 is 5.07. The van der Waals surface area contributed by atoms with Crippen LogP contribution < -0.4 is 5.32 Å². The Labute approximate surface area is 129 Å². The van der Waals surface area contributed by atoms with Gasteiger partial charge in [-0.15, -0.1) is 0 Å². The fourth-order valence-corrected chi connectivity index (χ4v) is 1.79. The van der Waals surface area contributed by atoms with Crippen molar-refractivity contribution in [2.45, 2.75) is 13.5 Å². The standard InChI is InChI=1S/C18H17NO3/c1-14-16(9-5-11-17(14)20)10-6-12-19-18(21)22-13-15-7-3-2-4-8-15/h2-5,7-9,11,20H,12-13H2,1H3,(H,19,21). The number of phenolic OH excluding ortho intramolecular Hbond substituents is 1. The first-order valence-corrected chi connectivity index (χ1v) is 6.89. The van der Waals surface area contributed by atoms with Crippen LogP contribution in [0.15, 0.2) is 48.5 Å². The molecule has 0 aliphatic rings. The Balaban J connectivity index is 1.78. The zero-order valence-electron chi connectivity index (χ0n) is 12.3. The summed E-state index contributed by atoms with van der Waals surface area (Å²) in [6.07, 6.45) is -0.509. The molecule has 0 atom stereocenters. The van der Waals surface area contributed by atoms with E-state index < -0.39 is 6.09 Å². The second kappa shape index (κ2) is 7.75. The summed E-state index contributed by atoms with van der Waals surface area (Å²) in [6.45, 7) is 2.20. The maximum absolute atomic E-state index is 11.5. The van der Waals surface area contributed by atoms with Gasteiger partial charge in [0, 0.05) is 11.1 Å². The fourth-order valence-electron chi connectivity index (χ4n) is 1.79. The molecule has 0 aliphatic heterocycles. The Morgan fingerprint density at radius 3 is 2.73 bits per heavy atom.